The van der Waals surface area contributed by atoms with Crippen LogP contribution in [0.2, 0.25) is 0 Å². The smallest absolute Gasteiger partial charge is 0.0622 e. The molecule has 0 amide bonds. The van der Waals surface area contributed by atoms with Crippen molar-refractivity contribution in [2.75, 3.05) is 0 Å². The van der Waals surface area contributed by atoms with Crippen LogP contribution in [-0.4, -0.2) is 10.6 Å². The van der Waals surface area contributed by atoms with Gasteiger partial charge in [0.2, 0.25) is 0 Å². The highest BCUT2D eigenvalue weighted by Gasteiger charge is 2.01. The second-order valence-corrected chi connectivity index (χ2v) is 3.99. The van der Waals surface area contributed by atoms with E-state index in [-0.39, 0.29) is 0 Å². The fourth-order valence-corrected chi connectivity index (χ4v) is 1.47. The Balaban J connectivity index is 2.43. The third-order valence-corrected chi connectivity index (χ3v) is 2.30. The molecule has 3 nitrogen and oxygen atoms in total. The molecule has 0 spiro atoms. The van der Waals surface area contributed by atoms with E-state index in [1.165, 1.54) is 5.69 Å². The van der Waals surface area contributed by atoms with Crippen LogP contribution in [0.15, 0.2) is 18.3 Å². The zero-order chi connectivity index (χ0) is 11.1. The van der Waals surface area contributed by atoms with Gasteiger partial charge in [-0.3, -0.25) is 0 Å². The molecule has 0 aliphatic rings. The van der Waals surface area contributed by atoms with Crippen molar-refractivity contribution in [2.24, 2.45) is 0 Å². The van der Waals surface area contributed by atoms with Gasteiger partial charge in [0.05, 0.1) is 6.07 Å². The van der Waals surface area contributed by atoms with Gasteiger partial charge in [-0.25, -0.2) is 0 Å². The maximum Gasteiger partial charge on any atom is 0.0622 e. The standard InChI is InChI=1S/C12H19N3/c1-11(2)14-10-12-6-5-9-15(12)8-4-3-7-13/h5-6,9,11,14H,3-4,8,10H2,1-2H3. The Morgan fingerprint density at radius 1 is 1.53 bits per heavy atom. The average Bonchev–Trinajstić information content (AvgIpc) is 2.63. The number of hydrogen-bond acceptors (Lipinski definition) is 2. The first-order valence-corrected chi connectivity index (χ1v) is 5.48. The first-order valence-electron chi connectivity index (χ1n) is 5.48. The highest BCUT2D eigenvalue weighted by Crippen LogP contribution is 2.04. The van der Waals surface area contributed by atoms with Gasteiger partial charge in [-0.2, -0.15) is 5.26 Å². The molecule has 1 aromatic rings. The fraction of sp³-hybridized carbons (Fsp3) is 0.583. The molecule has 0 saturated carbocycles. The Kier molecular flexibility index (Phi) is 4.92. The maximum absolute atomic E-state index is 8.47. The lowest BCUT2D eigenvalue weighted by Gasteiger charge is -2.11. The normalized spacial score (nSPS) is 10.5. The predicted octanol–water partition coefficient (Wildman–Crippen LogP) is 2.29. The van der Waals surface area contributed by atoms with Crippen molar-refractivity contribution in [3.8, 4) is 6.07 Å². The number of nitrogens with zero attached hydrogens (tertiary/aromatic N) is 2. The maximum atomic E-state index is 8.47. The monoisotopic (exact) mass is 205 g/mol. The first-order chi connectivity index (χ1) is 7.24. The van der Waals surface area contributed by atoms with Gasteiger partial charge in [0.15, 0.2) is 0 Å². The highest BCUT2D eigenvalue weighted by molar-refractivity contribution is 5.07. The van der Waals surface area contributed by atoms with Crippen LogP contribution < -0.4 is 5.32 Å². The largest absolute Gasteiger partial charge is 0.350 e. The van der Waals surface area contributed by atoms with Crippen LogP contribution in [0.1, 0.15) is 32.4 Å². The molecule has 82 valence electrons. The summed E-state index contributed by atoms with van der Waals surface area (Å²) in [6, 6.07) is 6.86. The van der Waals surface area contributed by atoms with Gasteiger partial charge in [-0.05, 0) is 18.6 Å². The molecule has 0 aliphatic heterocycles. The number of unbranched alkanes of at least 4 members (excludes halogenated alkanes) is 1. The summed E-state index contributed by atoms with van der Waals surface area (Å²) < 4.78 is 2.22. The molecule has 1 aromatic heterocycles. The molecular weight excluding hydrogens is 186 g/mol. The summed E-state index contributed by atoms with van der Waals surface area (Å²) in [5, 5.41) is 11.9. The van der Waals surface area contributed by atoms with Crippen LogP contribution in [0.5, 0.6) is 0 Å². The summed E-state index contributed by atoms with van der Waals surface area (Å²) in [6.45, 7) is 6.12. The van der Waals surface area contributed by atoms with Gasteiger partial charge >= 0.3 is 0 Å². The molecule has 0 unspecified atom stereocenters. The number of aryl methyl sites for hydroxylation is 1. The molecule has 0 radical (unpaired) electrons. The molecule has 3 heteroatoms. The molecular formula is C12H19N3. The Hall–Kier alpha value is -1.27. The number of aromatic nitrogens is 1. The molecule has 15 heavy (non-hydrogen) atoms. The van der Waals surface area contributed by atoms with Crippen molar-refractivity contribution in [1.82, 2.24) is 9.88 Å². The minimum atomic E-state index is 0.507. The van der Waals surface area contributed by atoms with Crippen molar-refractivity contribution < 1.29 is 0 Å². The first kappa shape index (κ1) is 11.8. The lowest BCUT2D eigenvalue weighted by atomic mass is 10.3. The van der Waals surface area contributed by atoms with Crippen molar-refractivity contribution in [3.05, 3.63) is 24.0 Å². The Morgan fingerprint density at radius 3 is 3.00 bits per heavy atom. The van der Waals surface area contributed by atoms with E-state index in [1.54, 1.807) is 0 Å². The van der Waals surface area contributed by atoms with Crippen LogP contribution in [0, 0.1) is 11.3 Å². The Bertz CT molecular complexity index is 320. The van der Waals surface area contributed by atoms with Gasteiger partial charge in [-0.15, -0.1) is 0 Å². The van der Waals surface area contributed by atoms with E-state index in [2.05, 4.69) is 48.1 Å². The van der Waals surface area contributed by atoms with Crippen LogP contribution in [0.25, 0.3) is 0 Å². The summed E-state index contributed by atoms with van der Waals surface area (Å²) in [4.78, 5) is 0. The number of hydrogen-bond donors (Lipinski definition) is 1. The molecule has 0 fully saturated rings. The van der Waals surface area contributed by atoms with Crippen LogP contribution in [-0.2, 0) is 13.1 Å². The lowest BCUT2D eigenvalue weighted by Crippen LogP contribution is -2.23. The summed E-state index contributed by atoms with van der Waals surface area (Å²) >= 11 is 0. The molecule has 0 aromatic carbocycles. The van der Waals surface area contributed by atoms with E-state index >= 15 is 0 Å². The van der Waals surface area contributed by atoms with E-state index in [1.807, 2.05) is 0 Å². The molecule has 0 bridgehead atoms. The van der Waals surface area contributed by atoms with Crippen LogP contribution in [0.4, 0.5) is 0 Å². The number of nitrogens with one attached hydrogen (secondary N) is 1. The molecule has 0 aliphatic carbocycles. The van der Waals surface area contributed by atoms with Gasteiger partial charge in [0, 0.05) is 37.4 Å². The molecule has 1 heterocycles. The zero-order valence-corrected chi connectivity index (χ0v) is 9.53. The van der Waals surface area contributed by atoms with Crippen LogP contribution >= 0.6 is 0 Å². The van der Waals surface area contributed by atoms with Crippen molar-refractivity contribution in [3.63, 3.8) is 0 Å². The quantitative estimate of drug-likeness (QED) is 0.724. The minimum absolute atomic E-state index is 0.507. The van der Waals surface area contributed by atoms with E-state index in [4.69, 9.17) is 5.26 Å². The van der Waals surface area contributed by atoms with E-state index < -0.39 is 0 Å². The molecule has 0 saturated heterocycles. The van der Waals surface area contributed by atoms with Gasteiger partial charge < -0.3 is 9.88 Å². The van der Waals surface area contributed by atoms with E-state index in [0.29, 0.717) is 12.5 Å². The summed E-state index contributed by atoms with van der Waals surface area (Å²) in [5.74, 6) is 0. The van der Waals surface area contributed by atoms with Gasteiger partial charge in [0.1, 0.15) is 0 Å². The highest BCUT2D eigenvalue weighted by atomic mass is 15.0. The Morgan fingerprint density at radius 2 is 2.33 bits per heavy atom. The minimum Gasteiger partial charge on any atom is -0.350 e. The second kappa shape index (κ2) is 6.26. The third kappa shape index (κ3) is 4.18. The average molecular weight is 205 g/mol. The lowest BCUT2D eigenvalue weighted by molar-refractivity contribution is 0.548. The molecule has 1 rings (SSSR count). The van der Waals surface area contributed by atoms with Crippen molar-refractivity contribution >= 4 is 0 Å². The second-order valence-electron chi connectivity index (χ2n) is 3.99. The zero-order valence-electron chi connectivity index (χ0n) is 9.53. The number of nitriles is 1. The van der Waals surface area contributed by atoms with Crippen molar-refractivity contribution in [1.29, 1.82) is 5.26 Å². The molecule has 0 atom stereocenters. The fourth-order valence-electron chi connectivity index (χ4n) is 1.47. The topological polar surface area (TPSA) is 40.8 Å². The number of rotatable bonds is 6. The third-order valence-electron chi connectivity index (χ3n) is 2.30. The predicted molar refractivity (Wildman–Crippen MR) is 61.3 cm³/mol. The van der Waals surface area contributed by atoms with E-state index in [9.17, 15) is 0 Å². The van der Waals surface area contributed by atoms with Gasteiger partial charge in [0.25, 0.3) is 0 Å². The summed E-state index contributed by atoms with van der Waals surface area (Å²) in [5.41, 5.74) is 1.29. The molecule has 1 N–H and O–H groups in total. The van der Waals surface area contributed by atoms with Crippen LogP contribution in [0.3, 0.4) is 0 Å². The van der Waals surface area contributed by atoms with E-state index in [0.717, 1.165) is 19.5 Å². The summed E-state index contributed by atoms with van der Waals surface area (Å²) in [6.07, 6.45) is 3.64. The Labute approximate surface area is 91.7 Å². The SMILES string of the molecule is CC(C)NCc1cccn1CCCC#N. The van der Waals surface area contributed by atoms with Crippen molar-refractivity contribution in [2.45, 2.75) is 45.8 Å². The van der Waals surface area contributed by atoms with Gasteiger partial charge in [-0.1, -0.05) is 13.8 Å². The summed E-state index contributed by atoms with van der Waals surface area (Å²) in [7, 11) is 0.